The van der Waals surface area contributed by atoms with Gasteiger partial charge in [-0.2, -0.15) is 0 Å². The number of carbonyl (C=O) groups is 1. The van der Waals surface area contributed by atoms with Crippen LogP contribution in [0, 0.1) is 5.92 Å². The van der Waals surface area contributed by atoms with Crippen molar-refractivity contribution in [1.29, 1.82) is 0 Å². The summed E-state index contributed by atoms with van der Waals surface area (Å²) in [5.41, 5.74) is 5.55. The van der Waals surface area contributed by atoms with Crippen LogP contribution in [-0.4, -0.2) is 29.9 Å². The van der Waals surface area contributed by atoms with Crippen molar-refractivity contribution < 1.29 is 4.79 Å². The topological polar surface area (TPSA) is 46.3 Å². The maximum Gasteiger partial charge on any atom is 0.225 e. The SMILES string of the molecule is NCCCN(C(=O)C1CCCC1)C1CCC1. The fraction of sp³-hybridized carbons (Fsp3) is 0.923. The first-order valence-electron chi connectivity index (χ1n) is 6.83. The second kappa shape index (κ2) is 5.67. The van der Waals surface area contributed by atoms with Gasteiger partial charge >= 0.3 is 0 Å². The lowest BCUT2D eigenvalue weighted by Gasteiger charge is -2.39. The Kier molecular flexibility index (Phi) is 4.22. The molecule has 0 spiro atoms. The van der Waals surface area contributed by atoms with E-state index in [1.165, 1.54) is 32.1 Å². The largest absolute Gasteiger partial charge is 0.339 e. The van der Waals surface area contributed by atoms with E-state index in [0.29, 0.717) is 24.4 Å². The van der Waals surface area contributed by atoms with Crippen molar-refractivity contribution in [3.63, 3.8) is 0 Å². The Balaban J connectivity index is 1.90. The lowest BCUT2D eigenvalue weighted by Crippen LogP contribution is -2.47. The van der Waals surface area contributed by atoms with E-state index in [1.807, 2.05) is 0 Å². The number of hydrogen-bond acceptors (Lipinski definition) is 2. The molecule has 0 heterocycles. The van der Waals surface area contributed by atoms with Crippen molar-refractivity contribution >= 4 is 5.91 Å². The molecule has 0 aromatic heterocycles. The van der Waals surface area contributed by atoms with Crippen molar-refractivity contribution in [2.75, 3.05) is 13.1 Å². The molecule has 3 nitrogen and oxygen atoms in total. The molecule has 0 aromatic carbocycles. The standard InChI is InChI=1S/C13H24N2O/c14-9-4-10-15(12-7-3-8-12)13(16)11-5-1-2-6-11/h11-12H,1-10,14H2. The fourth-order valence-corrected chi connectivity index (χ4v) is 2.84. The first kappa shape index (κ1) is 11.9. The summed E-state index contributed by atoms with van der Waals surface area (Å²) in [6.45, 7) is 1.58. The third-order valence-electron chi connectivity index (χ3n) is 4.11. The molecule has 2 fully saturated rings. The Labute approximate surface area is 98.4 Å². The van der Waals surface area contributed by atoms with Gasteiger partial charge in [0.2, 0.25) is 5.91 Å². The van der Waals surface area contributed by atoms with E-state index in [-0.39, 0.29) is 0 Å². The van der Waals surface area contributed by atoms with Crippen LogP contribution in [0.25, 0.3) is 0 Å². The van der Waals surface area contributed by atoms with Gasteiger partial charge < -0.3 is 10.6 Å². The van der Waals surface area contributed by atoms with E-state index in [4.69, 9.17) is 5.73 Å². The van der Waals surface area contributed by atoms with Crippen molar-refractivity contribution in [2.24, 2.45) is 11.7 Å². The quantitative estimate of drug-likeness (QED) is 0.775. The Morgan fingerprint density at radius 2 is 1.81 bits per heavy atom. The highest BCUT2D eigenvalue weighted by atomic mass is 16.2. The van der Waals surface area contributed by atoms with Gasteiger partial charge in [-0.25, -0.2) is 0 Å². The highest BCUT2D eigenvalue weighted by molar-refractivity contribution is 5.79. The Hall–Kier alpha value is -0.570. The van der Waals surface area contributed by atoms with Gasteiger partial charge in [0.1, 0.15) is 0 Å². The number of amides is 1. The molecule has 2 aliphatic rings. The molecule has 2 saturated carbocycles. The third-order valence-corrected chi connectivity index (χ3v) is 4.11. The van der Waals surface area contributed by atoms with Gasteiger partial charge in [0.05, 0.1) is 0 Å². The molecule has 0 aromatic rings. The molecule has 0 unspecified atom stereocenters. The minimum atomic E-state index is 0.332. The van der Waals surface area contributed by atoms with Gasteiger partial charge in [0.15, 0.2) is 0 Å². The monoisotopic (exact) mass is 224 g/mol. The minimum Gasteiger partial charge on any atom is -0.339 e. The maximum atomic E-state index is 12.4. The average Bonchev–Trinajstić information content (AvgIpc) is 2.73. The normalized spacial score (nSPS) is 22.1. The highest BCUT2D eigenvalue weighted by Gasteiger charge is 2.33. The lowest BCUT2D eigenvalue weighted by atomic mass is 9.90. The number of nitrogens with zero attached hydrogens (tertiary/aromatic N) is 1. The number of hydrogen-bond donors (Lipinski definition) is 1. The number of nitrogens with two attached hydrogens (primary N) is 1. The summed E-state index contributed by atoms with van der Waals surface area (Å²) in [6.07, 6.45) is 9.38. The zero-order valence-corrected chi connectivity index (χ0v) is 10.2. The number of carbonyl (C=O) groups excluding carboxylic acids is 1. The lowest BCUT2D eigenvalue weighted by molar-refractivity contribution is -0.139. The molecule has 2 N–H and O–H groups in total. The highest BCUT2D eigenvalue weighted by Crippen LogP contribution is 2.31. The van der Waals surface area contributed by atoms with E-state index in [2.05, 4.69) is 4.90 Å². The van der Waals surface area contributed by atoms with E-state index >= 15 is 0 Å². The van der Waals surface area contributed by atoms with Gasteiger partial charge in [-0.1, -0.05) is 12.8 Å². The molecular weight excluding hydrogens is 200 g/mol. The third kappa shape index (κ3) is 2.57. The predicted molar refractivity (Wildman–Crippen MR) is 65.0 cm³/mol. The van der Waals surface area contributed by atoms with Crippen LogP contribution in [0.4, 0.5) is 0 Å². The van der Waals surface area contributed by atoms with Crippen molar-refractivity contribution in [2.45, 2.75) is 57.4 Å². The molecule has 2 aliphatic carbocycles. The van der Waals surface area contributed by atoms with Crippen LogP contribution >= 0.6 is 0 Å². The molecule has 1 amide bonds. The zero-order valence-electron chi connectivity index (χ0n) is 10.2. The molecular formula is C13H24N2O. The van der Waals surface area contributed by atoms with Gasteiger partial charge in [-0.3, -0.25) is 4.79 Å². The Bertz CT molecular complexity index is 232. The van der Waals surface area contributed by atoms with Crippen LogP contribution in [0.2, 0.25) is 0 Å². The molecule has 0 radical (unpaired) electrons. The van der Waals surface area contributed by atoms with Crippen molar-refractivity contribution in [3.05, 3.63) is 0 Å². The van der Waals surface area contributed by atoms with E-state index < -0.39 is 0 Å². The molecule has 16 heavy (non-hydrogen) atoms. The summed E-state index contributed by atoms with van der Waals surface area (Å²) in [4.78, 5) is 14.5. The number of rotatable bonds is 5. The molecule has 92 valence electrons. The van der Waals surface area contributed by atoms with Gasteiger partial charge in [-0.15, -0.1) is 0 Å². The predicted octanol–water partition coefficient (Wildman–Crippen LogP) is 1.91. The second-order valence-electron chi connectivity index (χ2n) is 5.24. The van der Waals surface area contributed by atoms with Crippen molar-refractivity contribution in [1.82, 2.24) is 4.90 Å². The van der Waals surface area contributed by atoms with Gasteiger partial charge in [0.25, 0.3) is 0 Å². The van der Waals surface area contributed by atoms with Crippen LogP contribution in [0.3, 0.4) is 0 Å². The first-order valence-corrected chi connectivity index (χ1v) is 6.83. The van der Waals surface area contributed by atoms with Gasteiger partial charge in [-0.05, 0) is 45.1 Å². The van der Waals surface area contributed by atoms with E-state index in [9.17, 15) is 4.79 Å². The molecule has 0 bridgehead atoms. The second-order valence-corrected chi connectivity index (χ2v) is 5.24. The van der Waals surface area contributed by atoms with E-state index in [1.54, 1.807) is 0 Å². The van der Waals surface area contributed by atoms with Crippen LogP contribution < -0.4 is 5.73 Å². The van der Waals surface area contributed by atoms with Crippen molar-refractivity contribution in [3.8, 4) is 0 Å². The average molecular weight is 224 g/mol. The summed E-state index contributed by atoms with van der Waals surface area (Å²) in [5, 5.41) is 0. The van der Waals surface area contributed by atoms with E-state index in [0.717, 1.165) is 25.8 Å². The molecule has 0 aliphatic heterocycles. The summed E-state index contributed by atoms with van der Waals surface area (Å²) >= 11 is 0. The molecule has 3 heteroatoms. The fourth-order valence-electron chi connectivity index (χ4n) is 2.84. The van der Waals surface area contributed by atoms with Gasteiger partial charge in [0, 0.05) is 18.5 Å². The minimum absolute atomic E-state index is 0.332. The Morgan fingerprint density at radius 3 is 2.31 bits per heavy atom. The summed E-state index contributed by atoms with van der Waals surface area (Å²) < 4.78 is 0. The smallest absolute Gasteiger partial charge is 0.225 e. The molecule has 0 saturated heterocycles. The summed E-state index contributed by atoms with van der Waals surface area (Å²) in [6, 6.07) is 0.541. The van der Waals surface area contributed by atoms with Crippen LogP contribution in [0.1, 0.15) is 51.4 Å². The van der Waals surface area contributed by atoms with Crippen LogP contribution in [0.5, 0.6) is 0 Å². The summed E-state index contributed by atoms with van der Waals surface area (Å²) in [7, 11) is 0. The molecule has 2 rings (SSSR count). The summed E-state index contributed by atoms with van der Waals surface area (Å²) in [5.74, 6) is 0.758. The molecule has 0 atom stereocenters. The maximum absolute atomic E-state index is 12.4. The zero-order chi connectivity index (χ0) is 11.4. The van der Waals surface area contributed by atoms with Crippen LogP contribution in [-0.2, 0) is 4.79 Å². The Morgan fingerprint density at radius 1 is 1.12 bits per heavy atom. The van der Waals surface area contributed by atoms with Crippen LogP contribution in [0.15, 0.2) is 0 Å². The first-order chi connectivity index (χ1) is 7.83.